The highest BCUT2D eigenvalue weighted by Crippen LogP contribution is 2.38. The predicted octanol–water partition coefficient (Wildman–Crippen LogP) is 5.91. The van der Waals surface area contributed by atoms with Crippen LogP contribution in [-0.4, -0.2) is 40.7 Å². The van der Waals surface area contributed by atoms with Gasteiger partial charge in [0.15, 0.2) is 0 Å². The number of nitrogens with zero attached hydrogens (tertiary/aromatic N) is 2. The number of fused-ring (bicyclic) bond motifs is 1. The summed E-state index contributed by atoms with van der Waals surface area (Å²) in [6.45, 7) is 5.13. The van der Waals surface area contributed by atoms with Gasteiger partial charge < -0.3 is 15.5 Å². The van der Waals surface area contributed by atoms with Gasteiger partial charge in [0.1, 0.15) is 0 Å². The Labute approximate surface area is 217 Å². The van der Waals surface area contributed by atoms with Crippen molar-refractivity contribution in [2.24, 2.45) is 5.73 Å². The van der Waals surface area contributed by atoms with E-state index < -0.39 is 5.91 Å². The van der Waals surface area contributed by atoms with Crippen LogP contribution in [0.15, 0.2) is 42.5 Å². The molecule has 4 rings (SSSR count). The highest BCUT2D eigenvalue weighted by molar-refractivity contribution is 14.1. The van der Waals surface area contributed by atoms with Crippen LogP contribution in [0, 0.1) is 3.57 Å². The maximum Gasteiger partial charge on any atom is 0.255 e. The van der Waals surface area contributed by atoms with Crippen LogP contribution in [0.5, 0.6) is 0 Å². The molecule has 2 aliphatic rings. The minimum absolute atomic E-state index is 0.000412. The molecule has 1 saturated heterocycles. The number of piperidine rings is 1. The van der Waals surface area contributed by atoms with E-state index in [0.29, 0.717) is 23.7 Å². The third-order valence-corrected chi connectivity index (χ3v) is 8.11. The summed E-state index contributed by atoms with van der Waals surface area (Å²) in [5.74, 6) is -0.494. The highest BCUT2D eigenvalue weighted by Gasteiger charge is 2.37. The molecule has 0 aromatic heterocycles. The standard InChI is InChI=1S/C28H36IN3O2/c1-2-3-7-23-8-4-5-16-31(23)17-6-9-26-24-15-12-21(27(30)33)18-25(24)28(34)32(26)19-20-10-13-22(29)14-11-20/h10-15,18,23,26H,2-9,16-17,19H2,1H3,(H2,30,33). The average molecular weight is 574 g/mol. The van der Waals surface area contributed by atoms with Gasteiger partial charge in [0, 0.05) is 27.3 Å². The first-order valence-corrected chi connectivity index (χ1v) is 13.8. The Morgan fingerprint density at radius 2 is 1.88 bits per heavy atom. The van der Waals surface area contributed by atoms with Crippen LogP contribution in [-0.2, 0) is 6.54 Å². The number of hydrogen-bond acceptors (Lipinski definition) is 3. The van der Waals surface area contributed by atoms with Crippen molar-refractivity contribution in [1.29, 1.82) is 0 Å². The van der Waals surface area contributed by atoms with Crippen molar-refractivity contribution in [2.45, 2.75) is 76.9 Å². The molecule has 2 aliphatic heterocycles. The van der Waals surface area contributed by atoms with Gasteiger partial charge in [-0.3, -0.25) is 9.59 Å². The quantitative estimate of drug-likeness (QED) is 0.360. The molecule has 0 radical (unpaired) electrons. The van der Waals surface area contributed by atoms with Crippen LogP contribution in [0.2, 0.25) is 0 Å². The van der Waals surface area contributed by atoms with E-state index in [2.05, 4.69) is 58.7 Å². The number of rotatable bonds is 10. The molecular weight excluding hydrogens is 537 g/mol. The lowest BCUT2D eigenvalue weighted by Crippen LogP contribution is -2.40. The second-order valence-electron chi connectivity index (χ2n) is 9.71. The van der Waals surface area contributed by atoms with E-state index in [-0.39, 0.29) is 11.9 Å². The lowest BCUT2D eigenvalue weighted by Gasteiger charge is -2.36. The molecule has 0 spiro atoms. The molecule has 5 nitrogen and oxygen atoms in total. The van der Waals surface area contributed by atoms with E-state index in [9.17, 15) is 9.59 Å². The average Bonchev–Trinajstić information content (AvgIpc) is 3.10. The Morgan fingerprint density at radius 1 is 1.09 bits per heavy atom. The summed E-state index contributed by atoms with van der Waals surface area (Å²) < 4.78 is 1.18. The topological polar surface area (TPSA) is 66.6 Å². The van der Waals surface area contributed by atoms with Crippen molar-refractivity contribution in [3.05, 3.63) is 68.3 Å². The fraction of sp³-hybridized carbons (Fsp3) is 0.500. The number of primary amides is 1. The lowest BCUT2D eigenvalue weighted by molar-refractivity contribution is 0.0690. The summed E-state index contributed by atoms with van der Waals surface area (Å²) in [5.41, 5.74) is 8.68. The summed E-state index contributed by atoms with van der Waals surface area (Å²) in [4.78, 5) is 29.9. The number of hydrogen-bond donors (Lipinski definition) is 1. The number of likely N-dealkylation sites (tertiary alicyclic amines) is 1. The number of halogens is 1. The number of carbonyl (C=O) groups is 2. The van der Waals surface area contributed by atoms with Crippen molar-refractivity contribution in [3.8, 4) is 0 Å². The molecule has 6 heteroatoms. The Balaban J connectivity index is 1.50. The molecule has 2 heterocycles. The minimum Gasteiger partial charge on any atom is -0.366 e. The number of benzene rings is 2. The largest absolute Gasteiger partial charge is 0.366 e. The third-order valence-electron chi connectivity index (χ3n) is 7.39. The summed E-state index contributed by atoms with van der Waals surface area (Å²) >= 11 is 2.30. The Kier molecular flexibility index (Phi) is 8.64. The van der Waals surface area contributed by atoms with Gasteiger partial charge in [-0.2, -0.15) is 0 Å². The second kappa shape index (κ2) is 11.7. The van der Waals surface area contributed by atoms with E-state index in [4.69, 9.17) is 5.73 Å². The summed E-state index contributed by atoms with van der Waals surface area (Å²) in [6.07, 6.45) is 9.81. The molecule has 2 aromatic carbocycles. The third kappa shape index (κ3) is 5.82. The number of amides is 2. The van der Waals surface area contributed by atoms with Crippen LogP contribution in [0.3, 0.4) is 0 Å². The first-order chi connectivity index (χ1) is 16.5. The summed E-state index contributed by atoms with van der Waals surface area (Å²) in [7, 11) is 0. The van der Waals surface area contributed by atoms with Crippen LogP contribution in [0.4, 0.5) is 0 Å². The van der Waals surface area contributed by atoms with E-state index in [1.807, 2.05) is 11.0 Å². The Bertz CT molecular complexity index is 1010. The first kappa shape index (κ1) is 25.2. The molecule has 2 aromatic rings. The minimum atomic E-state index is -0.494. The fourth-order valence-corrected chi connectivity index (χ4v) is 5.90. The molecule has 0 bridgehead atoms. The highest BCUT2D eigenvalue weighted by atomic mass is 127. The van der Waals surface area contributed by atoms with E-state index in [1.165, 1.54) is 48.6 Å². The fourth-order valence-electron chi connectivity index (χ4n) is 5.54. The molecule has 2 unspecified atom stereocenters. The molecule has 182 valence electrons. The Hall–Kier alpha value is -1.93. The van der Waals surface area contributed by atoms with Crippen LogP contribution in [0.25, 0.3) is 0 Å². The second-order valence-corrected chi connectivity index (χ2v) is 11.0. The molecule has 1 fully saturated rings. The zero-order valence-electron chi connectivity index (χ0n) is 20.1. The SMILES string of the molecule is CCCCC1CCCCN1CCCC1c2ccc(C(N)=O)cc2C(=O)N1Cc1ccc(I)cc1. The van der Waals surface area contributed by atoms with Crippen molar-refractivity contribution < 1.29 is 9.59 Å². The van der Waals surface area contributed by atoms with Gasteiger partial charge in [0.05, 0.1) is 6.04 Å². The van der Waals surface area contributed by atoms with Gasteiger partial charge in [-0.25, -0.2) is 0 Å². The summed E-state index contributed by atoms with van der Waals surface area (Å²) in [5, 5.41) is 0. The monoisotopic (exact) mass is 573 g/mol. The van der Waals surface area contributed by atoms with Gasteiger partial charge in [-0.1, -0.05) is 44.4 Å². The summed E-state index contributed by atoms with van der Waals surface area (Å²) in [6, 6.07) is 14.5. The van der Waals surface area contributed by atoms with Crippen molar-refractivity contribution in [1.82, 2.24) is 9.80 Å². The van der Waals surface area contributed by atoms with Gasteiger partial charge in [0.2, 0.25) is 5.91 Å². The van der Waals surface area contributed by atoms with Crippen LogP contribution in [0.1, 0.15) is 96.2 Å². The molecule has 34 heavy (non-hydrogen) atoms. The van der Waals surface area contributed by atoms with Gasteiger partial charge in [-0.05, 0) is 103 Å². The van der Waals surface area contributed by atoms with Crippen LogP contribution >= 0.6 is 22.6 Å². The maximum absolute atomic E-state index is 13.5. The van der Waals surface area contributed by atoms with Crippen molar-refractivity contribution in [3.63, 3.8) is 0 Å². The number of carbonyl (C=O) groups excluding carboxylic acids is 2. The predicted molar refractivity (Wildman–Crippen MR) is 145 cm³/mol. The molecule has 2 amide bonds. The molecule has 0 aliphatic carbocycles. The molecular formula is C28H36IN3O2. The number of nitrogens with two attached hydrogens (primary N) is 1. The molecule has 2 N–H and O–H groups in total. The maximum atomic E-state index is 13.5. The van der Waals surface area contributed by atoms with Gasteiger partial charge in [-0.15, -0.1) is 0 Å². The first-order valence-electron chi connectivity index (χ1n) is 12.7. The smallest absolute Gasteiger partial charge is 0.255 e. The molecule has 2 atom stereocenters. The zero-order valence-corrected chi connectivity index (χ0v) is 22.3. The van der Waals surface area contributed by atoms with E-state index in [1.54, 1.807) is 12.1 Å². The van der Waals surface area contributed by atoms with E-state index >= 15 is 0 Å². The van der Waals surface area contributed by atoms with Crippen molar-refractivity contribution >= 4 is 34.4 Å². The molecule has 0 saturated carbocycles. The normalized spacial score (nSPS) is 20.5. The lowest BCUT2D eigenvalue weighted by atomic mass is 9.95. The van der Waals surface area contributed by atoms with Gasteiger partial charge >= 0.3 is 0 Å². The number of unbranched alkanes of at least 4 members (excludes halogenated alkanes) is 1. The van der Waals surface area contributed by atoms with Gasteiger partial charge in [0.25, 0.3) is 5.91 Å². The Morgan fingerprint density at radius 3 is 2.62 bits per heavy atom. The van der Waals surface area contributed by atoms with Crippen LogP contribution < -0.4 is 5.73 Å². The van der Waals surface area contributed by atoms with Crippen molar-refractivity contribution in [2.75, 3.05) is 13.1 Å². The zero-order chi connectivity index (χ0) is 24.1. The van der Waals surface area contributed by atoms with E-state index in [0.717, 1.165) is 30.5 Å².